The molecule has 0 saturated heterocycles. The molecule has 0 radical (unpaired) electrons. The number of nitrogen functional groups attached to an aromatic ring is 1. The smallest absolute Gasteiger partial charge is 0.181 e. The van der Waals surface area contributed by atoms with Crippen LogP contribution < -0.4 is 5.73 Å². The Morgan fingerprint density at radius 3 is 2.90 bits per heavy atom. The molecular formula is C13H12N4S3. The van der Waals surface area contributed by atoms with Crippen LogP contribution in [0.25, 0.3) is 10.7 Å². The molecule has 0 spiro atoms. The first-order valence-electron chi connectivity index (χ1n) is 5.94. The van der Waals surface area contributed by atoms with Gasteiger partial charge in [0.1, 0.15) is 5.01 Å². The molecule has 3 heterocycles. The minimum absolute atomic E-state index is 0.623. The third-order valence-electron chi connectivity index (χ3n) is 2.56. The van der Waals surface area contributed by atoms with Crippen LogP contribution in [0, 0.1) is 6.92 Å². The highest BCUT2D eigenvalue weighted by atomic mass is 32.2. The lowest BCUT2D eigenvalue weighted by atomic mass is 10.4. The normalized spacial score (nSPS) is 10.8. The van der Waals surface area contributed by atoms with Crippen LogP contribution in [0.4, 0.5) is 5.13 Å². The minimum atomic E-state index is 0.623. The molecule has 102 valence electrons. The molecule has 3 aromatic rings. The Balaban J connectivity index is 1.70. The molecule has 20 heavy (non-hydrogen) atoms. The van der Waals surface area contributed by atoms with Gasteiger partial charge in [0.25, 0.3) is 0 Å². The van der Waals surface area contributed by atoms with Gasteiger partial charge in [-0.05, 0) is 19.1 Å². The van der Waals surface area contributed by atoms with E-state index in [1.807, 2.05) is 25.1 Å². The second-order valence-electron chi connectivity index (χ2n) is 4.07. The maximum atomic E-state index is 5.70. The maximum absolute atomic E-state index is 5.70. The van der Waals surface area contributed by atoms with Crippen molar-refractivity contribution in [2.24, 2.45) is 0 Å². The minimum Gasteiger partial charge on any atom is -0.375 e. The van der Waals surface area contributed by atoms with Gasteiger partial charge in [0, 0.05) is 17.3 Å². The highest BCUT2D eigenvalue weighted by Gasteiger charge is 2.09. The van der Waals surface area contributed by atoms with Crippen molar-refractivity contribution in [3.8, 4) is 10.7 Å². The number of rotatable bonds is 4. The summed E-state index contributed by atoms with van der Waals surface area (Å²) in [5, 5.41) is 3.66. The Kier molecular flexibility index (Phi) is 4.00. The van der Waals surface area contributed by atoms with Crippen molar-refractivity contribution >= 4 is 39.6 Å². The molecular weight excluding hydrogens is 308 g/mol. The van der Waals surface area contributed by atoms with Gasteiger partial charge in [-0.25, -0.2) is 9.97 Å². The highest BCUT2D eigenvalue weighted by molar-refractivity contribution is 8.00. The van der Waals surface area contributed by atoms with Crippen molar-refractivity contribution in [1.29, 1.82) is 0 Å². The number of thioether (sulfide) groups is 1. The van der Waals surface area contributed by atoms with Gasteiger partial charge in [0.15, 0.2) is 5.13 Å². The summed E-state index contributed by atoms with van der Waals surface area (Å²) in [6.45, 7) is 1.98. The first-order chi connectivity index (χ1) is 9.72. The number of nitrogens with two attached hydrogens (primary N) is 1. The van der Waals surface area contributed by atoms with Crippen molar-refractivity contribution in [3.05, 3.63) is 41.2 Å². The molecule has 0 aromatic carbocycles. The van der Waals surface area contributed by atoms with Crippen molar-refractivity contribution in [2.75, 3.05) is 5.73 Å². The van der Waals surface area contributed by atoms with Gasteiger partial charge in [-0.1, -0.05) is 17.4 Å². The van der Waals surface area contributed by atoms with Crippen LogP contribution in [0.2, 0.25) is 0 Å². The summed E-state index contributed by atoms with van der Waals surface area (Å²) < 4.78 is 1.16. The molecule has 0 bridgehead atoms. The molecule has 3 rings (SSSR count). The summed E-state index contributed by atoms with van der Waals surface area (Å²) in [5.74, 6) is 0.825. The van der Waals surface area contributed by atoms with Crippen LogP contribution >= 0.6 is 34.4 Å². The van der Waals surface area contributed by atoms with E-state index in [0.29, 0.717) is 5.13 Å². The molecule has 7 heteroatoms. The summed E-state index contributed by atoms with van der Waals surface area (Å²) in [4.78, 5) is 13.2. The topological polar surface area (TPSA) is 64.7 Å². The molecule has 0 fully saturated rings. The van der Waals surface area contributed by atoms with Gasteiger partial charge >= 0.3 is 0 Å². The summed E-state index contributed by atoms with van der Waals surface area (Å²) in [6, 6.07) is 5.86. The average Bonchev–Trinajstić information content (AvgIpc) is 3.04. The third kappa shape index (κ3) is 3.00. The largest absolute Gasteiger partial charge is 0.375 e. The van der Waals surface area contributed by atoms with Crippen molar-refractivity contribution < 1.29 is 0 Å². The van der Waals surface area contributed by atoms with Gasteiger partial charge < -0.3 is 5.73 Å². The number of anilines is 1. The molecule has 3 aromatic heterocycles. The van der Waals surface area contributed by atoms with E-state index in [1.54, 1.807) is 29.3 Å². The fraction of sp³-hybridized carbons (Fsp3) is 0.154. The third-order valence-corrected chi connectivity index (χ3v) is 5.85. The molecule has 0 unspecified atom stereocenters. The second-order valence-corrected chi connectivity index (χ2v) is 7.21. The Morgan fingerprint density at radius 2 is 2.20 bits per heavy atom. The summed E-state index contributed by atoms with van der Waals surface area (Å²) in [5.41, 5.74) is 8.68. The van der Waals surface area contributed by atoms with Crippen molar-refractivity contribution in [1.82, 2.24) is 15.0 Å². The Bertz CT molecular complexity index is 705. The number of aryl methyl sites for hydroxylation is 1. The summed E-state index contributed by atoms with van der Waals surface area (Å²) in [6.07, 6.45) is 1.79. The van der Waals surface area contributed by atoms with E-state index < -0.39 is 0 Å². The van der Waals surface area contributed by atoms with Gasteiger partial charge in [-0.15, -0.1) is 23.1 Å². The second kappa shape index (κ2) is 5.90. The zero-order valence-corrected chi connectivity index (χ0v) is 13.2. The molecule has 0 amide bonds. The van der Waals surface area contributed by atoms with Crippen LogP contribution in [-0.2, 0) is 5.75 Å². The van der Waals surface area contributed by atoms with Crippen LogP contribution in [-0.4, -0.2) is 15.0 Å². The quantitative estimate of drug-likeness (QED) is 0.740. The monoisotopic (exact) mass is 320 g/mol. The van der Waals surface area contributed by atoms with Gasteiger partial charge in [0.2, 0.25) is 0 Å². The van der Waals surface area contributed by atoms with E-state index in [4.69, 9.17) is 5.73 Å². The molecule has 0 aliphatic rings. The van der Waals surface area contributed by atoms with E-state index in [1.165, 1.54) is 11.3 Å². The maximum Gasteiger partial charge on any atom is 0.181 e. The predicted octanol–water partition coefficient (Wildman–Crippen LogP) is 3.84. The van der Waals surface area contributed by atoms with Crippen LogP contribution in [0.3, 0.4) is 0 Å². The van der Waals surface area contributed by atoms with Gasteiger partial charge in [-0.3, -0.25) is 4.98 Å². The molecule has 2 N–H and O–H groups in total. The molecule has 4 nitrogen and oxygen atoms in total. The standard InChI is InChI=1S/C13H12N4S3/c1-8-12(20-13(14)16-8)19-7-9-6-18-11(17-9)10-4-2-3-5-15-10/h2-6H,7H2,1H3,(H2,14,16). The lowest BCUT2D eigenvalue weighted by Gasteiger charge is -1.96. The van der Waals surface area contributed by atoms with Gasteiger partial charge in [-0.2, -0.15) is 0 Å². The summed E-state index contributed by atoms with van der Waals surface area (Å²) >= 11 is 4.88. The number of aromatic nitrogens is 3. The number of nitrogens with zero attached hydrogens (tertiary/aromatic N) is 3. The number of thiazole rings is 2. The first-order valence-corrected chi connectivity index (χ1v) is 8.62. The van der Waals surface area contributed by atoms with Crippen molar-refractivity contribution in [3.63, 3.8) is 0 Å². The Labute approximate surface area is 129 Å². The average molecular weight is 320 g/mol. The lowest BCUT2D eigenvalue weighted by Crippen LogP contribution is -1.84. The molecule has 0 atom stereocenters. The van der Waals surface area contributed by atoms with Crippen LogP contribution in [0.5, 0.6) is 0 Å². The fourth-order valence-electron chi connectivity index (χ4n) is 1.66. The molecule has 0 aliphatic heterocycles. The number of hydrogen-bond acceptors (Lipinski definition) is 7. The predicted molar refractivity (Wildman–Crippen MR) is 86.2 cm³/mol. The van der Waals surface area contributed by atoms with E-state index in [9.17, 15) is 0 Å². The van der Waals surface area contributed by atoms with E-state index in [0.717, 1.165) is 32.1 Å². The SMILES string of the molecule is Cc1nc(N)sc1SCc1csc(-c2ccccn2)n1. The Morgan fingerprint density at radius 1 is 1.30 bits per heavy atom. The summed E-state index contributed by atoms with van der Waals surface area (Å²) in [7, 11) is 0. The van der Waals surface area contributed by atoms with Crippen LogP contribution in [0.1, 0.15) is 11.4 Å². The van der Waals surface area contributed by atoms with E-state index in [-0.39, 0.29) is 0 Å². The zero-order valence-electron chi connectivity index (χ0n) is 10.7. The zero-order chi connectivity index (χ0) is 13.9. The van der Waals surface area contributed by atoms with Crippen LogP contribution in [0.15, 0.2) is 34.0 Å². The molecule has 0 saturated carbocycles. The Hall–Kier alpha value is -1.44. The number of pyridine rings is 1. The molecule has 0 aliphatic carbocycles. The van der Waals surface area contributed by atoms with Gasteiger partial charge in [0.05, 0.1) is 21.3 Å². The fourth-order valence-corrected chi connectivity index (χ4v) is 4.47. The lowest BCUT2D eigenvalue weighted by molar-refractivity contribution is 1.19. The number of hydrogen-bond donors (Lipinski definition) is 1. The van der Waals surface area contributed by atoms with E-state index >= 15 is 0 Å². The van der Waals surface area contributed by atoms with Crippen molar-refractivity contribution in [2.45, 2.75) is 16.9 Å². The first kappa shape index (κ1) is 13.5. The van der Waals surface area contributed by atoms with E-state index in [2.05, 4.69) is 20.3 Å². The highest BCUT2D eigenvalue weighted by Crippen LogP contribution is 2.33.